The molecule has 0 aromatic heterocycles. The summed E-state index contributed by atoms with van der Waals surface area (Å²) in [5, 5.41) is 3.45. The van der Waals surface area contributed by atoms with Gasteiger partial charge in [0.15, 0.2) is 0 Å². The van der Waals surface area contributed by atoms with Crippen molar-refractivity contribution in [2.24, 2.45) is 5.92 Å². The SMILES string of the molecule is CC1CCN(C2CCNCC2)C(C)C1. The van der Waals surface area contributed by atoms with Crippen LogP contribution in [0.15, 0.2) is 0 Å². The van der Waals surface area contributed by atoms with Crippen molar-refractivity contribution in [3.8, 4) is 0 Å². The summed E-state index contributed by atoms with van der Waals surface area (Å²) < 4.78 is 0. The van der Waals surface area contributed by atoms with Crippen LogP contribution < -0.4 is 5.32 Å². The van der Waals surface area contributed by atoms with Crippen LogP contribution in [-0.2, 0) is 0 Å². The molecule has 2 atom stereocenters. The highest BCUT2D eigenvalue weighted by Gasteiger charge is 2.29. The van der Waals surface area contributed by atoms with Crippen LogP contribution >= 0.6 is 0 Å². The van der Waals surface area contributed by atoms with Gasteiger partial charge in [-0.25, -0.2) is 0 Å². The van der Waals surface area contributed by atoms with Gasteiger partial charge in [-0.3, -0.25) is 4.90 Å². The maximum Gasteiger partial charge on any atom is 0.0122 e. The zero-order valence-electron chi connectivity index (χ0n) is 9.63. The molecule has 2 unspecified atom stereocenters. The number of piperidine rings is 2. The van der Waals surface area contributed by atoms with E-state index in [0.717, 1.165) is 18.0 Å². The van der Waals surface area contributed by atoms with Crippen molar-refractivity contribution in [2.45, 2.75) is 51.6 Å². The lowest BCUT2D eigenvalue weighted by Crippen LogP contribution is -2.50. The zero-order valence-corrected chi connectivity index (χ0v) is 9.63. The van der Waals surface area contributed by atoms with Gasteiger partial charge in [0.2, 0.25) is 0 Å². The van der Waals surface area contributed by atoms with E-state index in [1.54, 1.807) is 0 Å². The summed E-state index contributed by atoms with van der Waals surface area (Å²) >= 11 is 0. The predicted molar refractivity (Wildman–Crippen MR) is 60.5 cm³/mol. The molecular weight excluding hydrogens is 172 g/mol. The molecule has 0 saturated carbocycles. The number of nitrogens with one attached hydrogen (secondary N) is 1. The maximum atomic E-state index is 3.45. The molecule has 2 heteroatoms. The summed E-state index contributed by atoms with van der Waals surface area (Å²) in [6.45, 7) is 8.61. The lowest BCUT2D eigenvalue weighted by molar-refractivity contribution is 0.0660. The van der Waals surface area contributed by atoms with Crippen molar-refractivity contribution in [2.75, 3.05) is 19.6 Å². The van der Waals surface area contributed by atoms with E-state index >= 15 is 0 Å². The van der Waals surface area contributed by atoms with Crippen molar-refractivity contribution in [3.05, 3.63) is 0 Å². The molecule has 0 aromatic rings. The van der Waals surface area contributed by atoms with Crippen molar-refractivity contribution >= 4 is 0 Å². The fourth-order valence-corrected chi connectivity index (χ4v) is 3.11. The van der Waals surface area contributed by atoms with E-state index in [4.69, 9.17) is 0 Å². The quantitative estimate of drug-likeness (QED) is 0.688. The molecule has 2 rings (SSSR count). The molecule has 2 aliphatic rings. The molecule has 2 aliphatic heterocycles. The van der Waals surface area contributed by atoms with E-state index in [-0.39, 0.29) is 0 Å². The molecule has 82 valence electrons. The third kappa shape index (κ3) is 2.29. The van der Waals surface area contributed by atoms with Crippen LogP contribution in [0.25, 0.3) is 0 Å². The molecule has 1 N–H and O–H groups in total. The Morgan fingerprint density at radius 1 is 1.07 bits per heavy atom. The minimum absolute atomic E-state index is 0.821. The van der Waals surface area contributed by atoms with Gasteiger partial charge >= 0.3 is 0 Å². The van der Waals surface area contributed by atoms with Gasteiger partial charge in [0.05, 0.1) is 0 Å². The number of hydrogen-bond acceptors (Lipinski definition) is 2. The van der Waals surface area contributed by atoms with Crippen LogP contribution in [0.4, 0.5) is 0 Å². The monoisotopic (exact) mass is 196 g/mol. The zero-order chi connectivity index (χ0) is 9.97. The molecule has 0 aliphatic carbocycles. The predicted octanol–water partition coefficient (Wildman–Crippen LogP) is 1.86. The largest absolute Gasteiger partial charge is 0.317 e. The number of hydrogen-bond donors (Lipinski definition) is 1. The van der Waals surface area contributed by atoms with Gasteiger partial charge < -0.3 is 5.32 Å². The Morgan fingerprint density at radius 2 is 1.79 bits per heavy atom. The minimum Gasteiger partial charge on any atom is -0.317 e. The third-order valence-corrected chi connectivity index (χ3v) is 3.97. The molecule has 0 spiro atoms. The van der Waals surface area contributed by atoms with Gasteiger partial charge in [0.25, 0.3) is 0 Å². The Hall–Kier alpha value is -0.0800. The Balaban J connectivity index is 1.89. The lowest BCUT2D eigenvalue weighted by Gasteiger charge is -2.43. The molecule has 0 radical (unpaired) electrons. The minimum atomic E-state index is 0.821. The number of rotatable bonds is 1. The molecule has 2 saturated heterocycles. The standard InChI is InChI=1S/C12H24N2/c1-10-5-8-14(11(2)9-10)12-3-6-13-7-4-12/h10-13H,3-9H2,1-2H3. The van der Waals surface area contributed by atoms with Crippen molar-refractivity contribution in [1.29, 1.82) is 0 Å². The first kappa shape index (κ1) is 10.4. The topological polar surface area (TPSA) is 15.3 Å². The molecule has 14 heavy (non-hydrogen) atoms. The molecule has 2 heterocycles. The first-order chi connectivity index (χ1) is 6.77. The van der Waals surface area contributed by atoms with Crippen molar-refractivity contribution < 1.29 is 0 Å². The Bertz CT molecular complexity index is 175. The first-order valence-electron chi connectivity index (χ1n) is 6.24. The fourth-order valence-electron chi connectivity index (χ4n) is 3.11. The summed E-state index contributed by atoms with van der Waals surface area (Å²) in [4.78, 5) is 2.76. The fraction of sp³-hybridized carbons (Fsp3) is 1.00. The number of likely N-dealkylation sites (tertiary alicyclic amines) is 1. The highest BCUT2D eigenvalue weighted by atomic mass is 15.2. The van der Waals surface area contributed by atoms with Gasteiger partial charge in [0.1, 0.15) is 0 Å². The normalized spacial score (nSPS) is 37.3. The third-order valence-electron chi connectivity index (χ3n) is 3.97. The van der Waals surface area contributed by atoms with E-state index < -0.39 is 0 Å². The van der Waals surface area contributed by atoms with Crippen LogP contribution in [0.2, 0.25) is 0 Å². The van der Waals surface area contributed by atoms with E-state index in [9.17, 15) is 0 Å². The van der Waals surface area contributed by atoms with Crippen molar-refractivity contribution in [3.63, 3.8) is 0 Å². The van der Waals surface area contributed by atoms with Crippen LogP contribution in [0, 0.1) is 5.92 Å². The Labute approximate surface area is 88.1 Å². The second kappa shape index (κ2) is 4.63. The van der Waals surface area contributed by atoms with Crippen LogP contribution in [0.3, 0.4) is 0 Å². The van der Waals surface area contributed by atoms with Gasteiger partial charge in [0, 0.05) is 12.1 Å². The second-order valence-corrected chi connectivity index (χ2v) is 5.20. The van der Waals surface area contributed by atoms with E-state index in [1.807, 2.05) is 0 Å². The maximum absolute atomic E-state index is 3.45. The van der Waals surface area contributed by atoms with Crippen LogP contribution in [0.5, 0.6) is 0 Å². The van der Waals surface area contributed by atoms with Crippen LogP contribution in [0.1, 0.15) is 39.5 Å². The van der Waals surface area contributed by atoms with Crippen LogP contribution in [-0.4, -0.2) is 36.6 Å². The average Bonchev–Trinajstić information content (AvgIpc) is 2.19. The van der Waals surface area contributed by atoms with Gasteiger partial charge in [-0.1, -0.05) is 6.92 Å². The molecule has 0 aromatic carbocycles. The van der Waals surface area contributed by atoms with Gasteiger partial charge in [-0.2, -0.15) is 0 Å². The second-order valence-electron chi connectivity index (χ2n) is 5.20. The van der Waals surface area contributed by atoms with Crippen molar-refractivity contribution in [1.82, 2.24) is 10.2 Å². The summed E-state index contributed by atoms with van der Waals surface area (Å²) in [5.74, 6) is 0.947. The summed E-state index contributed by atoms with van der Waals surface area (Å²) in [6, 6.07) is 1.69. The van der Waals surface area contributed by atoms with Gasteiger partial charge in [-0.15, -0.1) is 0 Å². The molecule has 2 nitrogen and oxygen atoms in total. The molecular formula is C12H24N2. The lowest BCUT2D eigenvalue weighted by atomic mass is 9.90. The summed E-state index contributed by atoms with van der Waals surface area (Å²) in [6.07, 6.45) is 5.54. The van der Waals surface area contributed by atoms with E-state index in [0.29, 0.717) is 0 Å². The molecule has 0 amide bonds. The number of nitrogens with zero attached hydrogens (tertiary/aromatic N) is 1. The Kier molecular flexibility index (Phi) is 3.45. The van der Waals surface area contributed by atoms with Gasteiger partial charge in [-0.05, 0) is 58.2 Å². The summed E-state index contributed by atoms with van der Waals surface area (Å²) in [5.41, 5.74) is 0. The van der Waals surface area contributed by atoms with E-state index in [2.05, 4.69) is 24.1 Å². The highest BCUT2D eigenvalue weighted by Crippen LogP contribution is 2.26. The highest BCUT2D eigenvalue weighted by molar-refractivity contribution is 4.85. The Morgan fingerprint density at radius 3 is 2.43 bits per heavy atom. The van der Waals surface area contributed by atoms with E-state index in [1.165, 1.54) is 45.3 Å². The average molecular weight is 196 g/mol. The smallest absolute Gasteiger partial charge is 0.0122 e. The summed E-state index contributed by atoms with van der Waals surface area (Å²) in [7, 11) is 0. The molecule has 0 bridgehead atoms. The molecule has 2 fully saturated rings. The first-order valence-corrected chi connectivity index (χ1v) is 6.24.